The number of hydrogen-bond donors (Lipinski definition) is 0. The third kappa shape index (κ3) is 1.98. The zero-order valence-electron chi connectivity index (χ0n) is 11.8. The second kappa shape index (κ2) is 4.96. The monoisotopic (exact) mass is 308 g/mol. The van der Waals surface area contributed by atoms with Gasteiger partial charge in [0.2, 0.25) is 11.1 Å². The van der Waals surface area contributed by atoms with Crippen LogP contribution in [-0.4, -0.2) is 12.0 Å². The van der Waals surface area contributed by atoms with Gasteiger partial charge in [-0.05, 0) is 24.3 Å². The Morgan fingerprint density at radius 3 is 2.59 bits per heavy atom. The van der Waals surface area contributed by atoms with E-state index in [1.807, 2.05) is 54.4 Å². The number of anilines is 2. The van der Waals surface area contributed by atoms with Crippen LogP contribution in [0.4, 0.5) is 10.8 Å². The number of para-hydroxylation sites is 2. The van der Waals surface area contributed by atoms with Crippen molar-refractivity contribution in [2.75, 3.05) is 11.9 Å². The molecular formula is C17H12N2O2S. The highest BCUT2D eigenvalue weighted by Crippen LogP contribution is 2.31. The van der Waals surface area contributed by atoms with Crippen LogP contribution in [0.5, 0.6) is 0 Å². The van der Waals surface area contributed by atoms with E-state index in [0.717, 1.165) is 10.8 Å². The first-order valence-corrected chi connectivity index (χ1v) is 7.67. The molecule has 0 bridgehead atoms. The lowest BCUT2D eigenvalue weighted by molar-refractivity contribution is 0.647. The predicted octanol–water partition coefficient (Wildman–Crippen LogP) is 4.17. The van der Waals surface area contributed by atoms with Gasteiger partial charge in [-0.2, -0.15) is 4.98 Å². The Morgan fingerprint density at radius 1 is 1.05 bits per heavy atom. The van der Waals surface area contributed by atoms with E-state index in [1.165, 1.54) is 11.3 Å². The van der Waals surface area contributed by atoms with Crippen molar-refractivity contribution in [1.29, 1.82) is 0 Å². The number of hydrogen-bond acceptors (Lipinski definition) is 5. The standard InChI is InChI=1S/C17H12N2O2S/c1-19(11-7-3-2-4-8-11)17-18-16-15(22-17)14(20)12-9-5-6-10-13(12)21-16/h2-10H,1H3. The first-order valence-electron chi connectivity index (χ1n) is 6.85. The van der Waals surface area contributed by atoms with Crippen molar-refractivity contribution in [3.8, 4) is 0 Å². The minimum atomic E-state index is -0.0259. The first-order chi connectivity index (χ1) is 10.7. The molecule has 4 aromatic rings. The normalized spacial score (nSPS) is 11.1. The van der Waals surface area contributed by atoms with E-state index in [0.29, 0.717) is 21.4 Å². The second-order valence-corrected chi connectivity index (χ2v) is 5.93. The first kappa shape index (κ1) is 13.0. The quantitative estimate of drug-likeness (QED) is 0.557. The van der Waals surface area contributed by atoms with Crippen LogP contribution >= 0.6 is 11.3 Å². The topological polar surface area (TPSA) is 46.3 Å². The largest absolute Gasteiger partial charge is 0.437 e. The molecule has 0 spiro atoms. The lowest BCUT2D eigenvalue weighted by Gasteiger charge is -2.14. The van der Waals surface area contributed by atoms with Gasteiger partial charge in [0.05, 0.1) is 5.39 Å². The van der Waals surface area contributed by atoms with Crippen molar-refractivity contribution in [2.45, 2.75) is 0 Å². The van der Waals surface area contributed by atoms with Crippen LogP contribution in [0.2, 0.25) is 0 Å². The molecule has 2 aromatic carbocycles. The van der Waals surface area contributed by atoms with Crippen molar-refractivity contribution in [1.82, 2.24) is 4.98 Å². The molecule has 0 aliphatic carbocycles. The van der Waals surface area contributed by atoms with Gasteiger partial charge in [-0.1, -0.05) is 41.7 Å². The van der Waals surface area contributed by atoms with Crippen molar-refractivity contribution in [2.24, 2.45) is 0 Å². The SMILES string of the molecule is CN(c1ccccc1)c1nc2oc3ccccc3c(=O)c2s1. The van der Waals surface area contributed by atoms with Crippen molar-refractivity contribution >= 4 is 43.5 Å². The maximum atomic E-state index is 12.6. The van der Waals surface area contributed by atoms with E-state index >= 15 is 0 Å². The summed E-state index contributed by atoms with van der Waals surface area (Å²) in [5.74, 6) is 0. The van der Waals surface area contributed by atoms with Gasteiger partial charge < -0.3 is 9.32 Å². The van der Waals surface area contributed by atoms with E-state index in [4.69, 9.17) is 4.42 Å². The molecule has 0 radical (unpaired) electrons. The number of rotatable bonds is 2. The lowest BCUT2D eigenvalue weighted by Crippen LogP contribution is -2.08. The van der Waals surface area contributed by atoms with Gasteiger partial charge >= 0.3 is 0 Å². The van der Waals surface area contributed by atoms with E-state index in [-0.39, 0.29) is 5.43 Å². The Labute approximate surface area is 130 Å². The summed E-state index contributed by atoms with van der Waals surface area (Å²) in [5, 5.41) is 1.32. The Balaban J connectivity index is 1.93. The van der Waals surface area contributed by atoms with Gasteiger partial charge in [-0.15, -0.1) is 0 Å². The van der Waals surface area contributed by atoms with E-state index < -0.39 is 0 Å². The van der Waals surface area contributed by atoms with Crippen LogP contribution in [0, 0.1) is 0 Å². The van der Waals surface area contributed by atoms with Crippen molar-refractivity contribution < 1.29 is 4.42 Å². The Kier molecular flexibility index (Phi) is 2.94. The highest BCUT2D eigenvalue weighted by molar-refractivity contribution is 7.22. The number of benzene rings is 2. The molecular weight excluding hydrogens is 296 g/mol. The smallest absolute Gasteiger partial charge is 0.243 e. The fourth-order valence-corrected chi connectivity index (χ4v) is 3.31. The van der Waals surface area contributed by atoms with E-state index in [1.54, 1.807) is 12.1 Å². The fourth-order valence-electron chi connectivity index (χ4n) is 2.38. The van der Waals surface area contributed by atoms with Crippen LogP contribution in [-0.2, 0) is 0 Å². The molecule has 0 atom stereocenters. The predicted molar refractivity (Wildman–Crippen MR) is 90.2 cm³/mol. The van der Waals surface area contributed by atoms with Gasteiger partial charge in [-0.25, -0.2) is 0 Å². The number of fused-ring (bicyclic) bond motifs is 2. The molecule has 0 amide bonds. The van der Waals surface area contributed by atoms with Gasteiger partial charge in [0.1, 0.15) is 10.3 Å². The molecule has 5 heteroatoms. The maximum Gasteiger partial charge on any atom is 0.243 e. The third-order valence-electron chi connectivity index (χ3n) is 3.56. The van der Waals surface area contributed by atoms with Crippen LogP contribution < -0.4 is 10.3 Å². The molecule has 108 valence electrons. The summed E-state index contributed by atoms with van der Waals surface area (Å²) in [4.78, 5) is 19.0. The molecule has 2 heterocycles. The van der Waals surface area contributed by atoms with Gasteiger partial charge in [0.25, 0.3) is 0 Å². The highest BCUT2D eigenvalue weighted by Gasteiger charge is 2.15. The summed E-state index contributed by atoms with van der Waals surface area (Å²) < 4.78 is 6.32. The van der Waals surface area contributed by atoms with Crippen LogP contribution in [0.3, 0.4) is 0 Å². The van der Waals surface area contributed by atoms with Crippen molar-refractivity contribution in [3.05, 3.63) is 64.8 Å². The zero-order chi connectivity index (χ0) is 15.1. The summed E-state index contributed by atoms with van der Waals surface area (Å²) in [6.07, 6.45) is 0. The average Bonchev–Trinajstić information content (AvgIpc) is 2.99. The Hall–Kier alpha value is -2.66. The molecule has 22 heavy (non-hydrogen) atoms. The van der Waals surface area contributed by atoms with Crippen LogP contribution in [0.15, 0.2) is 63.8 Å². The van der Waals surface area contributed by atoms with Crippen molar-refractivity contribution in [3.63, 3.8) is 0 Å². The molecule has 0 N–H and O–H groups in total. The minimum Gasteiger partial charge on any atom is -0.437 e. The zero-order valence-corrected chi connectivity index (χ0v) is 12.6. The number of thiazole rings is 1. The number of nitrogens with zero attached hydrogens (tertiary/aromatic N) is 2. The third-order valence-corrected chi connectivity index (χ3v) is 4.67. The molecule has 0 saturated carbocycles. The molecule has 2 aromatic heterocycles. The minimum absolute atomic E-state index is 0.0259. The average molecular weight is 308 g/mol. The molecule has 0 fully saturated rings. The molecule has 4 rings (SSSR count). The molecule has 4 nitrogen and oxygen atoms in total. The van der Waals surface area contributed by atoms with Crippen LogP contribution in [0.25, 0.3) is 21.4 Å². The molecule has 0 saturated heterocycles. The number of aromatic nitrogens is 1. The molecule has 0 aliphatic heterocycles. The second-order valence-electron chi connectivity index (χ2n) is 4.95. The molecule has 0 aliphatic rings. The van der Waals surface area contributed by atoms with E-state index in [9.17, 15) is 4.79 Å². The summed E-state index contributed by atoms with van der Waals surface area (Å²) in [5.41, 5.74) is 1.95. The van der Waals surface area contributed by atoms with Crippen LogP contribution in [0.1, 0.15) is 0 Å². The van der Waals surface area contributed by atoms with Gasteiger partial charge in [-0.3, -0.25) is 4.79 Å². The fraction of sp³-hybridized carbons (Fsp3) is 0.0588. The Morgan fingerprint density at radius 2 is 1.77 bits per heavy atom. The summed E-state index contributed by atoms with van der Waals surface area (Å²) in [7, 11) is 1.93. The summed E-state index contributed by atoms with van der Waals surface area (Å²) in [6, 6.07) is 17.2. The summed E-state index contributed by atoms with van der Waals surface area (Å²) in [6.45, 7) is 0. The van der Waals surface area contributed by atoms with E-state index in [2.05, 4.69) is 4.98 Å². The highest BCUT2D eigenvalue weighted by atomic mass is 32.1. The summed E-state index contributed by atoms with van der Waals surface area (Å²) >= 11 is 1.35. The Bertz CT molecular complexity index is 1020. The maximum absolute atomic E-state index is 12.6. The molecule has 0 unspecified atom stereocenters. The van der Waals surface area contributed by atoms with Gasteiger partial charge in [0.15, 0.2) is 5.13 Å². The lowest BCUT2D eigenvalue weighted by atomic mass is 10.2. The van der Waals surface area contributed by atoms with Gasteiger partial charge in [0, 0.05) is 12.7 Å².